The topological polar surface area (TPSA) is 46.3 Å². The van der Waals surface area contributed by atoms with Crippen molar-refractivity contribution in [2.24, 2.45) is 11.1 Å². The van der Waals surface area contributed by atoms with Crippen LogP contribution in [0, 0.1) is 12.3 Å². The summed E-state index contributed by atoms with van der Waals surface area (Å²) in [7, 11) is 1.86. The molecule has 3 nitrogen and oxygen atoms in total. The van der Waals surface area contributed by atoms with Crippen LogP contribution in [0.15, 0.2) is 24.3 Å². The third kappa shape index (κ3) is 3.57. The van der Waals surface area contributed by atoms with E-state index in [0.29, 0.717) is 13.1 Å². The zero-order valence-electron chi connectivity index (χ0n) is 12.6. The highest BCUT2D eigenvalue weighted by Gasteiger charge is 2.35. The fourth-order valence-electron chi connectivity index (χ4n) is 2.49. The Kier molecular flexibility index (Phi) is 5.55. The van der Waals surface area contributed by atoms with Gasteiger partial charge in [-0.15, -0.1) is 0 Å². The molecule has 1 rings (SSSR count). The quantitative estimate of drug-likeness (QED) is 0.857. The summed E-state index contributed by atoms with van der Waals surface area (Å²) in [6, 6.07) is 8.26. The molecule has 0 unspecified atom stereocenters. The van der Waals surface area contributed by atoms with E-state index in [4.69, 9.17) is 5.73 Å². The van der Waals surface area contributed by atoms with Gasteiger partial charge in [0.25, 0.3) is 0 Å². The average Bonchev–Trinajstić information content (AvgIpc) is 2.41. The van der Waals surface area contributed by atoms with Crippen molar-refractivity contribution in [2.45, 2.75) is 40.2 Å². The van der Waals surface area contributed by atoms with Crippen molar-refractivity contribution in [2.75, 3.05) is 13.6 Å². The second-order valence-electron chi connectivity index (χ2n) is 5.34. The number of hydrogen-bond donors (Lipinski definition) is 1. The Hall–Kier alpha value is -1.35. The number of nitrogens with zero attached hydrogens (tertiary/aromatic N) is 1. The minimum atomic E-state index is -0.404. The highest BCUT2D eigenvalue weighted by Crippen LogP contribution is 2.27. The Morgan fingerprint density at radius 2 is 1.95 bits per heavy atom. The van der Waals surface area contributed by atoms with Crippen LogP contribution >= 0.6 is 0 Å². The minimum absolute atomic E-state index is 0.154. The van der Waals surface area contributed by atoms with Crippen molar-refractivity contribution >= 4 is 5.91 Å². The lowest BCUT2D eigenvalue weighted by Crippen LogP contribution is -2.45. The lowest BCUT2D eigenvalue weighted by atomic mass is 9.81. The van der Waals surface area contributed by atoms with E-state index in [0.717, 1.165) is 18.4 Å². The normalized spacial score (nSPS) is 11.4. The number of carbonyl (C=O) groups excluding carboxylic acids is 1. The van der Waals surface area contributed by atoms with Crippen LogP contribution in [0.5, 0.6) is 0 Å². The number of rotatable bonds is 6. The summed E-state index contributed by atoms with van der Waals surface area (Å²) in [5.41, 5.74) is 7.81. The molecule has 0 spiro atoms. The first-order valence-corrected chi connectivity index (χ1v) is 7.00. The molecular weight excluding hydrogens is 236 g/mol. The average molecular weight is 262 g/mol. The fraction of sp³-hybridized carbons (Fsp3) is 0.562. The van der Waals surface area contributed by atoms with Gasteiger partial charge in [0.15, 0.2) is 0 Å². The molecule has 106 valence electrons. The number of aryl methyl sites for hydroxylation is 1. The van der Waals surface area contributed by atoms with E-state index in [1.54, 1.807) is 4.90 Å². The molecule has 3 heteroatoms. The van der Waals surface area contributed by atoms with Gasteiger partial charge in [0.2, 0.25) is 5.91 Å². The van der Waals surface area contributed by atoms with Crippen LogP contribution in [-0.2, 0) is 11.3 Å². The maximum absolute atomic E-state index is 12.6. The summed E-state index contributed by atoms with van der Waals surface area (Å²) >= 11 is 0. The molecule has 0 saturated heterocycles. The number of nitrogens with two attached hydrogens (primary N) is 1. The van der Waals surface area contributed by atoms with Crippen molar-refractivity contribution in [1.29, 1.82) is 0 Å². The fourth-order valence-corrected chi connectivity index (χ4v) is 2.49. The molecule has 1 aromatic rings. The second-order valence-corrected chi connectivity index (χ2v) is 5.34. The van der Waals surface area contributed by atoms with Gasteiger partial charge in [0.1, 0.15) is 0 Å². The molecular formula is C16H26N2O. The summed E-state index contributed by atoms with van der Waals surface area (Å²) in [6.45, 7) is 7.19. The molecule has 0 fully saturated rings. The molecule has 0 heterocycles. The summed E-state index contributed by atoms with van der Waals surface area (Å²) in [5, 5.41) is 0. The van der Waals surface area contributed by atoms with Crippen LogP contribution in [0.4, 0.5) is 0 Å². The van der Waals surface area contributed by atoms with Gasteiger partial charge in [0, 0.05) is 20.1 Å². The summed E-state index contributed by atoms with van der Waals surface area (Å²) < 4.78 is 0. The predicted octanol–water partition coefficient (Wildman–Crippen LogP) is 2.72. The highest BCUT2D eigenvalue weighted by molar-refractivity contribution is 5.82. The molecule has 0 saturated carbocycles. The van der Waals surface area contributed by atoms with Crippen LogP contribution in [0.25, 0.3) is 0 Å². The van der Waals surface area contributed by atoms with Crippen molar-refractivity contribution < 1.29 is 4.79 Å². The van der Waals surface area contributed by atoms with E-state index in [-0.39, 0.29) is 5.91 Å². The van der Waals surface area contributed by atoms with Crippen LogP contribution in [-0.4, -0.2) is 24.4 Å². The standard InChI is InChI=1S/C16H26N2O/c1-5-16(6-2,12-17)15(19)18(4)11-14-9-7-8-13(3)10-14/h7-10H,5-6,11-12,17H2,1-4H3. The van der Waals surface area contributed by atoms with Gasteiger partial charge in [-0.05, 0) is 25.3 Å². The monoisotopic (exact) mass is 262 g/mol. The maximum atomic E-state index is 12.6. The lowest BCUT2D eigenvalue weighted by molar-refractivity contribution is -0.141. The largest absolute Gasteiger partial charge is 0.341 e. The van der Waals surface area contributed by atoms with E-state index >= 15 is 0 Å². The third-order valence-corrected chi connectivity index (χ3v) is 4.05. The van der Waals surface area contributed by atoms with Crippen molar-refractivity contribution in [3.8, 4) is 0 Å². The first-order valence-electron chi connectivity index (χ1n) is 7.00. The molecule has 0 aromatic heterocycles. The number of amides is 1. The molecule has 0 aliphatic heterocycles. The highest BCUT2D eigenvalue weighted by atomic mass is 16.2. The molecule has 0 radical (unpaired) electrons. The molecule has 19 heavy (non-hydrogen) atoms. The van der Waals surface area contributed by atoms with Gasteiger partial charge < -0.3 is 10.6 Å². The van der Waals surface area contributed by atoms with Crippen molar-refractivity contribution in [3.63, 3.8) is 0 Å². The Morgan fingerprint density at radius 3 is 2.42 bits per heavy atom. The van der Waals surface area contributed by atoms with E-state index in [1.165, 1.54) is 5.56 Å². The number of hydrogen-bond acceptors (Lipinski definition) is 2. The van der Waals surface area contributed by atoms with Gasteiger partial charge in [-0.3, -0.25) is 4.79 Å². The van der Waals surface area contributed by atoms with E-state index in [1.807, 2.05) is 27.0 Å². The molecule has 0 atom stereocenters. The number of carbonyl (C=O) groups is 1. The Bertz CT molecular complexity index is 416. The SMILES string of the molecule is CCC(CC)(CN)C(=O)N(C)Cc1cccc(C)c1. The zero-order valence-corrected chi connectivity index (χ0v) is 12.6. The van der Waals surface area contributed by atoms with Gasteiger partial charge in [-0.25, -0.2) is 0 Å². The Balaban J connectivity index is 2.82. The molecule has 0 aliphatic carbocycles. The molecule has 1 amide bonds. The van der Waals surface area contributed by atoms with Crippen molar-refractivity contribution in [3.05, 3.63) is 35.4 Å². The van der Waals surface area contributed by atoms with E-state index < -0.39 is 5.41 Å². The first kappa shape index (κ1) is 15.7. The first-order chi connectivity index (χ1) is 8.99. The minimum Gasteiger partial charge on any atom is -0.341 e. The third-order valence-electron chi connectivity index (χ3n) is 4.05. The van der Waals surface area contributed by atoms with Gasteiger partial charge in [-0.2, -0.15) is 0 Å². The van der Waals surface area contributed by atoms with Crippen LogP contribution in [0.2, 0.25) is 0 Å². The van der Waals surface area contributed by atoms with Crippen LogP contribution in [0.3, 0.4) is 0 Å². The van der Waals surface area contributed by atoms with E-state index in [9.17, 15) is 4.79 Å². The van der Waals surface area contributed by atoms with E-state index in [2.05, 4.69) is 25.1 Å². The summed E-state index contributed by atoms with van der Waals surface area (Å²) in [5.74, 6) is 0.154. The molecule has 1 aromatic carbocycles. The zero-order chi connectivity index (χ0) is 14.5. The van der Waals surface area contributed by atoms with Crippen molar-refractivity contribution in [1.82, 2.24) is 4.90 Å². The predicted molar refractivity (Wildman–Crippen MR) is 79.7 cm³/mol. The Morgan fingerprint density at radius 1 is 1.32 bits per heavy atom. The summed E-state index contributed by atoms with van der Waals surface area (Å²) in [6.07, 6.45) is 1.58. The second kappa shape index (κ2) is 6.71. The van der Waals surface area contributed by atoms with Gasteiger partial charge in [0.05, 0.1) is 5.41 Å². The lowest BCUT2D eigenvalue weighted by Gasteiger charge is -2.33. The van der Waals surface area contributed by atoms with Gasteiger partial charge >= 0.3 is 0 Å². The molecule has 0 aliphatic rings. The maximum Gasteiger partial charge on any atom is 0.230 e. The smallest absolute Gasteiger partial charge is 0.230 e. The van der Waals surface area contributed by atoms with Gasteiger partial charge in [-0.1, -0.05) is 43.7 Å². The summed E-state index contributed by atoms with van der Waals surface area (Å²) in [4.78, 5) is 14.4. The molecule has 0 bridgehead atoms. The molecule has 2 N–H and O–H groups in total. The van der Waals surface area contributed by atoms with Crippen LogP contribution in [0.1, 0.15) is 37.8 Å². The number of benzene rings is 1. The Labute approximate surface area is 116 Å². The van der Waals surface area contributed by atoms with Crippen LogP contribution < -0.4 is 5.73 Å².